The molecule has 0 spiro atoms. The number of nitrogens with zero attached hydrogens (tertiary/aromatic N) is 1. The summed E-state index contributed by atoms with van der Waals surface area (Å²) >= 11 is 0. The van der Waals surface area contributed by atoms with Gasteiger partial charge in [0.25, 0.3) is 0 Å². The number of nitrogens with one attached hydrogen (secondary N) is 1. The van der Waals surface area contributed by atoms with Gasteiger partial charge in [0.05, 0.1) is 6.04 Å². The lowest BCUT2D eigenvalue weighted by Crippen LogP contribution is -2.33. The number of anilines is 2. The van der Waals surface area contributed by atoms with Crippen molar-refractivity contribution >= 4 is 33.5 Å². The van der Waals surface area contributed by atoms with Gasteiger partial charge >= 0.3 is 0 Å². The van der Waals surface area contributed by atoms with Gasteiger partial charge in [0.2, 0.25) is 0 Å². The Morgan fingerprint density at radius 3 is 2.46 bits per heavy atom. The van der Waals surface area contributed by atoms with Gasteiger partial charge in [0, 0.05) is 53.7 Å². The second kappa shape index (κ2) is 10.7. The molecule has 4 nitrogen and oxygen atoms in total. The number of fused-ring (bicyclic) bond motifs is 4. The number of rotatable bonds is 7. The smallest absolute Gasteiger partial charge is 0.162 e. The first-order valence-corrected chi connectivity index (χ1v) is 14.6. The topological polar surface area (TPSA) is 41.6 Å². The van der Waals surface area contributed by atoms with E-state index in [0.29, 0.717) is 13.0 Å². The summed E-state index contributed by atoms with van der Waals surface area (Å²) in [6, 6.07) is 25.1. The van der Waals surface area contributed by atoms with Crippen LogP contribution in [0.3, 0.4) is 0 Å². The summed E-state index contributed by atoms with van der Waals surface area (Å²) in [5.41, 5.74) is 6.92. The molecule has 0 unspecified atom stereocenters. The van der Waals surface area contributed by atoms with Crippen LogP contribution in [0.2, 0.25) is 0 Å². The van der Waals surface area contributed by atoms with Crippen molar-refractivity contribution in [2.45, 2.75) is 53.2 Å². The molecule has 1 heterocycles. The number of hydrogen-bond donors (Lipinski definition) is 1. The molecule has 0 aromatic heterocycles. The molecule has 6 rings (SSSR count). The van der Waals surface area contributed by atoms with Crippen LogP contribution in [0.5, 0.6) is 5.75 Å². The first kappa shape index (κ1) is 27.1. The molecule has 2 aliphatic rings. The van der Waals surface area contributed by atoms with Gasteiger partial charge < -0.3 is 15.0 Å². The summed E-state index contributed by atoms with van der Waals surface area (Å²) < 4.78 is 20.0. The highest BCUT2D eigenvalue weighted by Gasteiger charge is 2.41. The maximum absolute atomic E-state index is 14.0. The maximum atomic E-state index is 14.0. The second-order valence-corrected chi connectivity index (χ2v) is 11.9. The lowest BCUT2D eigenvalue weighted by molar-refractivity contribution is -0.118. The van der Waals surface area contributed by atoms with Crippen LogP contribution < -0.4 is 15.0 Å². The summed E-state index contributed by atoms with van der Waals surface area (Å²) in [7, 11) is 0. The minimum Gasteiger partial charge on any atom is -0.488 e. The molecule has 210 valence electrons. The molecule has 1 N–H and O–H groups in total. The Hall–Kier alpha value is -4.12. The Labute approximate surface area is 241 Å². The van der Waals surface area contributed by atoms with Crippen molar-refractivity contribution in [3.05, 3.63) is 107 Å². The number of halogens is 1. The molecule has 0 bridgehead atoms. The number of hydrogen-bond acceptors (Lipinski definition) is 4. The highest BCUT2D eigenvalue weighted by Crippen LogP contribution is 2.53. The third-order valence-corrected chi connectivity index (χ3v) is 8.48. The summed E-state index contributed by atoms with van der Waals surface area (Å²) in [5.74, 6) is 0.642. The van der Waals surface area contributed by atoms with E-state index in [1.807, 2.05) is 0 Å². The summed E-state index contributed by atoms with van der Waals surface area (Å²) in [6.45, 7) is 10.7. The van der Waals surface area contributed by atoms with E-state index in [9.17, 15) is 9.18 Å². The first-order chi connectivity index (χ1) is 19.8. The zero-order valence-corrected chi connectivity index (χ0v) is 24.3. The highest BCUT2D eigenvalue weighted by atomic mass is 19.1. The zero-order chi connectivity index (χ0) is 28.7. The van der Waals surface area contributed by atoms with Crippen LogP contribution >= 0.6 is 0 Å². The van der Waals surface area contributed by atoms with Gasteiger partial charge in [0.1, 0.15) is 18.2 Å². The summed E-state index contributed by atoms with van der Waals surface area (Å²) in [6.07, 6.45) is 1.34. The standard InChI is InChI=1S/C36H37FN2O2/c1-5-39(6-2)26-16-17-28(32(19-26)41-22-23-11-14-25(37)15-12-23)35-34-29(20-36(3,4)21-31(34)40)33-27-10-8-7-9-24(27)13-18-30(33)38-35/h7-19,35,38H,5-6,20-22H2,1-4H3/t35-/m1/s1. The van der Waals surface area contributed by atoms with Crippen LogP contribution in [0, 0.1) is 11.2 Å². The van der Waals surface area contributed by atoms with Gasteiger partial charge in [-0.2, -0.15) is 0 Å². The number of ether oxygens (including phenoxy) is 1. The minimum absolute atomic E-state index is 0.124. The molecule has 4 aromatic carbocycles. The summed E-state index contributed by atoms with van der Waals surface area (Å²) in [4.78, 5) is 16.3. The molecule has 0 fully saturated rings. The molecule has 41 heavy (non-hydrogen) atoms. The van der Waals surface area contributed by atoms with Crippen molar-refractivity contribution < 1.29 is 13.9 Å². The van der Waals surface area contributed by atoms with E-state index in [-0.39, 0.29) is 23.1 Å². The largest absolute Gasteiger partial charge is 0.488 e. The molecule has 0 saturated carbocycles. The molecule has 1 aliphatic heterocycles. The van der Waals surface area contributed by atoms with Gasteiger partial charge in [0.15, 0.2) is 5.78 Å². The predicted octanol–water partition coefficient (Wildman–Crippen LogP) is 8.71. The second-order valence-electron chi connectivity index (χ2n) is 11.9. The minimum atomic E-state index is -0.337. The van der Waals surface area contributed by atoms with E-state index in [0.717, 1.165) is 64.5 Å². The summed E-state index contributed by atoms with van der Waals surface area (Å²) in [5, 5.41) is 6.10. The van der Waals surface area contributed by atoms with E-state index in [1.54, 1.807) is 12.1 Å². The molecule has 4 aromatic rings. The number of allylic oxidation sites excluding steroid dienone is 1. The normalized spacial score (nSPS) is 17.6. The quantitative estimate of drug-likeness (QED) is 0.251. The fraction of sp³-hybridized carbons (Fsp3) is 0.306. The molecular formula is C36H37FN2O2. The van der Waals surface area contributed by atoms with Crippen LogP contribution in [0.4, 0.5) is 15.8 Å². The molecule has 5 heteroatoms. The predicted molar refractivity (Wildman–Crippen MR) is 166 cm³/mol. The van der Waals surface area contributed by atoms with Crippen molar-refractivity contribution in [3.63, 3.8) is 0 Å². The van der Waals surface area contributed by atoms with Gasteiger partial charge in [-0.05, 0) is 71.9 Å². The van der Waals surface area contributed by atoms with Gasteiger partial charge in [-0.15, -0.1) is 0 Å². The molecule has 1 atom stereocenters. The van der Waals surface area contributed by atoms with Crippen molar-refractivity contribution in [1.82, 2.24) is 0 Å². The molecule has 0 amide bonds. The number of Topliss-reactive ketones (excluding diaryl/α,β-unsaturated/α-hetero) is 1. The Balaban J connectivity index is 1.50. The van der Waals surface area contributed by atoms with Crippen LogP contribution in [0.25, 0.3) is 16.3 Å². The average molecular weight is 549 g/mol. The van der Waals surface area contributed by atoms with Crippen molar-refractivity contribution in [1.29, 1.82) is 0 Å². The lowest BCUT2D eigenvalue weighted by Gasteiger charge is -2.40. The third kappa shape index (κ3) is 5.10. The van der Waals surface area contributed by atoms with Crippen LogP contribution in [-0.4, -0.2) is 18.9 Å². The van der Waals surface area contributed by atoms with Crippen LogP contribution in [-0.2, 0) is 11.4 Å². The third-order valence-electron chi connectivity index (χ3n) is 8.48. The van der Waals surface area contributed by atoms with Crippen LogP contribution in [0.1, 0.15) is 63.3 Å². The molecule has 1 aliphatic carbocycles. The van der Waals surface area contributed by atoms with Gasteiger partial charge in [-0.3, -0.25) is 4.79 Å². The fourth-order valence-corrected chi connectivity index (χ4v) is 6.48. The van der Waals surface area contributed by atoms with E-state index >= 15 is 0 Å². The maximum Gasteiger partial charge on any atom is 0.162 e. The Bertz CT molecular complexity index is 1650. The van der Waals surface area contributed by atoms with Gasteiger partial charge in [-0.25, -0.2) is 4.39 Å². The van der Waals surface area contributed by atoms with E-state index < -0.39 is 0 Å². The van der Waals surface area contributed by atoms with E-state index in [4.69, 9.17) is 4.74 Å². The number of ketones is 1. The van der Waals surface area contributed by atoms with E-state index in [2.05, 4.69) is 92.5 Å². The van der Waals surface area contributed by atoms with Crippen molar-refractivity contribution in [3.8, 4) is 5.75 Å². The van der Waals surface area contributed by atoms with Crippen molar-refractivity contribution in [2.24, 2.45) is 5.41 Å². The average Bonchev–Trinajstić information content (AvgIpc) is 2.96. The van der Waals surface area contributed by atoms with Gasteiger partial charge in [-0.1, -0.05) is 62.4 Å². The monoisotopic (exact) mass is 548 g/mol. The fourth-order valence-electron chi connectivity index (χ4n) is 6.48. The van der Waals surface area contributed by atoms with E-state index in [1.165, 1.54) is 22.9 Å². The molecule has 0 saturated heterocycles. The Morgan fingerprint density at radius 2 is 1.71 bits per heavy atom. The number of carbonyl (C=O) groups is 1. The Kier molecular flexibility index (Phi) is 7.06. The van der Waals surface area contributed by atoms with Crippen LogP contribution in [0.15, 0.2) is 84.4 Å². The zero-order valence-electron chi connectivity index (χ0n) is 24.3. The number of carbonyl (C=O) groups excluding carboxylic acids is 1. The number of benzene rings is 4. The first-order valence-electron chi connectivity index (χ1n) is 14.6. The lowest BCUT2D eigenvalue weighted by atomic mass is 9.67. The molecule has 0 radical (unpaired) electrons. The van der Waals surface area contributed by atoms with Crippen molar-refractivity contribution in [2.75, 3.05) is 23.3 Å². The molecular weight excluding hydrogens is 511 g/mol. The SMILES string of the molecule is CCN(CC)c1ccc([C@H]2Nc3ccc4ccccc4c3C3=C2C(=O)CC(C)(C)C3)c(OCc2ccc(F)cc2)c1. The highest BCUT2D eigenvalue weighted by molar-refractivity contribution is 6.13. The Morgan fingerprint density at radius 1 is 0.951 bits per heavy atom.